The SMILES string of the molecule is CCn1ccnc1COc1ccc([C@H](C)O)cc1. The topological polar surface area (TPSA) is 47.3 Å². The molecule has 96 valence electrons. The van der Waals surface area contributed by atoms with Gasteiger partial charge >= 0.3 is 0 Å². The maximum atomic E-state index is 9.41. The van der Waals surface area contributed by atoms with E-state index in [0.29, 0.717) is 6.61 Å². The van der Waals surface area contributed by atoms with Crippen molar-refractivity contribution >= 4 is 0 Å². The molecule has 2 rings (SSSR count). The molecule has 0 bridgehead atoms. The van der Waals surface area contributed by atoms with Gasteiger partial charge in [-0.1, -0.05) is 12.1 Å². The molecule has 0 spiro atoms. The quantitative estimate of drug-likeness (QED) is 0.882. The molecule has 0 unspecified atom stereocenters. The summed E-state index contributed by atoms with van der Waals surface area (Å²) in [7, 11) is 0. The van der Waals surface area contributed by atoms with E-state index in [4.69, 9.17) is 4.74 Å². The number of aryl methyl sites for hydroxylation is 1. The van der Waals surface area contributed by atoms with Crippen molar-refractivity contribution in [3.05, 3.63) is 48.0 Å². The third-order valence-corrected chi connectivity index (χ3v) is 2.87. The Kier molecular flexibility index (Phi) is 3.99. The van der Waals surface area contributed by atoms with Crippen molar-refractivity contribution < 1.29 is 9.84 Å². The first kappa shape index (κ1) is 12.6. The van der Waals surface area contributed by atoms with Crippen molar-refractivity contribution in [2.24, 2.45) is 0 Å². The van der Waals surface area contributed by atoms with Crippen molar-refractivity contribution in [1.29, 1.82) is 0 Å². The summed E-state index contributed by atoms with van der Waals surface area (Å²) in [5, 5.41) is 9.41. The van der Waals surface area contributed by atoms with Crippen LogP contribution in [0.25, 0.3) is 0 Å². The number of nitrogens with zero attached hydrogens (tertiary/aromatic N) is 2. The largest absolute Gasteiger partial charge is 0.486 e. The summed E-state index contributed by atoms with van der Waals surface area (Å²) in [6, 6.07) is 7.46. The normalized spacial score (nSPS) is 12.4. The lowest BCUT2D eigenvalue weighted by Crippen LogP contribution is -2.05. The molecule has 0 amide bonds. The highest BCUT2D eigenvalue weighted by atomic mass is 16.5. The molecule has 1 heterocycles. The third kappa shape index (κ3) is 2.90. The first-order valence-electron chi connectivity index (χ1n) is 6.11. The van der Waals surface area contributed by atoms with Crippen molar-refractivity contribution in [3.63, 3.8) is 0 Å². The summed E-state index contributed by atoms with van der Waals surface area (Å²) >= 11 is 0. The van der Waals surface area contributed by atoms with E-state index >= 15 is 0 Å². The van der Waals surface area contributed by atoms with Crippen LogP contribution in [0, 0.1) is 0 Å². The van der Waals surface area contributed by atoms with Crippen molar-refractivity contribution in [3.8, 4) is 5.75 Å². The van der Waals surface area contributed by atoms with Gasteiger partial charge in [-0.2, -0.15) is 0 Å². The predicted molar refractivity (Wildman–Crippen MR) is 69.3 cm³/mol. The fourth-order valence-electron chi connectivity index (χ4n) is 1.76. The number of benzene rings is 1. The molecule has 1 aromatic heterocycles. The predicted octanol–water partition coefficient (Wildman–Crippen LogP) is 2.54. The molecule has 0 fully saturated rings. The van der Waals surface area contributed by atoms with Crippen LogP contribution in [0.3, 0.4) is 0 Å². The second-order valence-electron chi connectivity index (χ2n) is 4.16. The standard InChI is InChI=1S/C14H18N2O2/c1-3-16-9-8-15-14(16)10-18-13-6-4-12(5-7-13)11(2)17/h4-9,11,17H,3,10H2,1-2H3/t11-/m0/s1. The van der Waals surface area contributed by atoms with Crippen LogP contribution in [0.1, 0.15) is 31.3 Å². The average molecular weight is 246 g/mol. The number of hydrogen-bond donors (Lipinski definition) is 1. The lowest BCUT2D eigenvalue weighted by atomic mass is 10.1. The van der Waals surface area contributed by atoms with Crippen LogP contribution in [-0.4, -0.2) is 14.7 Å². The zero-order chi connectivity index (χ0) is 13.0. The number of aliphatic hydroxyl groups is 1. The lowest BCUT2D eigenvalue weighted by molar-refractivity contribution is 0.199. The summed E-state index contributed by atoms with van der Waals surface area (Å²) in [6.45, 7) is 5.16. The van der Waals surface area contributed by atoms with Gasteiger partial charge in [0.1, 0.15) is 18.2 Å². The van der Waals surface area contributed by atoms with Crippen molar-refractivity contribution in [2.45, 2.75) is 33.1 Å². The smallest absolute Gasteiger partial charge is 0.146 e. The maximum Gasteiger partial charge on any atom is 0.146 e. The minimum atomic E-state index is -0.446. The average Bonchev–Trinajstić information content (AvgIpc) is 2.84. The zero-order valence-electron chi connectivity index (χ0n) is 10.7. The van der Waals surface area contributed by atoms with E-state index in [0.717, 1.165) is 23.7 Å². The summed E-state index contributed by atoms with van der Waals surface area (Å²) in [5.41, 5.74) is 0.886. The van der Waals surface area contributed by atoms with Gasteiger partial charge in [0.2, 0.25) is 0 Å². The molecule has 1 atom stereocenters. The maximum absolute atomic E-state index is 9.41. The number of imidazole rings is 1. The highest BCUT2D eigenvalue weighted by Crippen LogP contribution is 2.18. The second kappa shape index (κ2) is 5.69. The Morgan fingerprint density at radius 3 is 2.67 bits per heavy atom. The molecule has 1 N–H and O–H groups in total. The van der Waals surface area contributed by atoms with Crippen LogP contribution >= 0.6 is 0 Å². The number of rotatable bonds is 5. The number of hydrogen-bond acceptors (Lipinski definition) is 3. The molecule has 0 saturated carbocycles. The van der Waals surface area contributed by atoms with E-state index in [-0.39, 0.29) is 0 Å². The summed E-state index contributed by atoms with van der Waals surface area (Å²) < 4.78 is 7.71. The molecule has 1 aromatic carbocycles. The van der Waals surface area contributed by atoms with Crippen LogP contribution in [0.4, 0.5) is 0 Å². The summed E-state index contributed by atoms with van der Waals surface area (Å²) in [4.78, 5) is 4.25. The van der Waals surface area contributed by atoms with E-state index in [9.17, 15) is 5.11 Å². The Morgan fingerprint density at radius 1 is 1.33 bits per heavy atom. The Bertz CT molecular complexity index is 489. The Morgan fingerprint density at radius 2 is 2.06 bits per heavy atom. The van der Waals surface area contributed by atoms with Gasteiger partial charge in [-0.25, -0.2) is 4.98 Å². The zero-order valence-corrected chi connectivity index (χ0v) is 10.7. The molecule has 4 heteroatoms. The van der Waals surface area contributed by atoms with E-state index in [1.165, 1.54) is 0 Å². The molecule has 4 nitrogen and oxygen atoms in total. The van der Waals surface area contributed by atoms with Gasteiger partial charge in [0.25, 0.3) is 0 Å². The first-order chi connectivity index (χ1) is 8.70. The lowest BCUT2D eigenvalue weighted by Gasteiger charge is -2.09. The van der Waals surface area contributed by atoms with Crippen molar-refractivity contribution in [1.82, 2.24) is 9.55 Å². The van der Waals surface area contributed by atoms with Crippen LogP contribution in [0.5, 0.6) is 5.75 Å². The molecule has 0 aliphatic carbocycles. The minimum Gasteiger partial charge on any atom is -0.486 e. The van der Waals surface area contributed by atoms with E-state index in [2.05, 4.69) is 11.9 Å². The Hall–Kier alpha value is -1.81. The third-order valence-electron chi connectivity index (χ3n) is 2.87. The molecular formula is C14H18N2O2. The van der Waals surface area contributed by atoms with Gasteiger partial charge in [-0.15, -0.1) is 0 Å². The molecule has 0 saturated heterocycles. The number of ether oxygens (including phenoxy) is 1. The Balaban J connectivity index is 1.98. The van der Waals surface area contributed by atoms with E-state index in [1.54, 1.807) is 13.1 Å². The highest BCUT2D eigenvalue weighted by molar-refractivity contribution is 5.28. The van der Waals surface area contributed by atoms with Gasteiger partial charge in [0.05, 0.1) is 6.10 Å². The highest BCUT2D eigenvalue weighted by Gasteiger charge is 2.03. The summed E-state index contributed by atoms with van der Waals surface area (Å²) in [6.07, 6.45) is 3.27. The van der Waals surface area contributed by atoms with Crippen LogP contribution < -0.4 is 4.74 Å². The molecule has 0 aliphatic heterocycles. The van der Waals surface area contributed by atoms with Crippen molar-refractivity contribution in [2.75, 3.05) is 0 Å². The van der Waals surface area contributed by atoms with E-state index < -0.39 is 6.10 Å². The van der Waals surface area contributed by atoms with Gasteiger partial charge in [0, 0.05) is 18.9 Å². The van der Waals surface area contributed by atoms with Gasteiger partial charge in [-0.05, 0) is 31.5 Å². The van der Waals surface area contributed by atoms with Gasteiger partial charge in [0.15, 0.2) is 0 Å². The van der Waals surface area contributed by atoms with E-state index in [1.807, 2.05) is 35.0 Å². The Labute approximate surface area is 107 Å². The second-order valence-corrected chi connectivity index (χ2v) is 4.16. The minimum absolute atomic E-state index is 0.446. The number of aliphatic hydroxyl groups excluding tert-OH is 1. The van der Waals surface area contributed by atoms with Gasteiger partial charge in [-0.3, -0.25) is 0 Å². The van der Waals surface area contributed by atoms with Crippen LogP contribution in [0.15, 0.2) is 36.7 Å². The number of aromatic nitrogens is 2. The first-order valence-corrected chi connectivity index (χ1v) is 6.11. The molecule has 2 aromatic rings. The fraction of sp³-hybridized carbons (Fsp3) is 0.357. The molecule has 18 heavy (non-hydrogen) atoms. The summed E-state index contributed by atoms with van der Waals surface area (Å²) in [5.74, 6) is 1.70. The van der Waals surface area contributed by atoms with Crippen LogP contribution in [0.2, 0.25) is 0 Å². The molecular weight excluding hydrogens is 228 g/mol. The molecule has 0 aliphatic rings. The molecule has 0 radical (unpaired) electrons. The monoisotopic (exact) mass is 246 g/mol. The fourth-order valence-corrected chi connectivity index (χ4v) is 1.76. The van der Waals surface area contributed by atoms with Crippen LogP contribution in [-0.2, 0) is 13.2 Å². The van der Waals surface area contributed by atoms with Gasteiger partial charge < -0.3 is 14.4 Å².